The van der Waals surface area contributed by atoms with Gasteiger partial charge in [0.1, 0.15) is 13.0 Å². The van der Waals surface area contributed by atoms with Gasteiger partial charge in [-0.15, -0.1) is 0 Å². The Morgan fingerprint density at radius 3 is 2.18 bits per heavy atom. The van der Waals surface area contributed by atoms with Crippen molar-refractivity contribution < 1.29 is 15.7 Å². The predicted octanol–water partition coefficient (Wildman–Crippen LogP) is 0.552. The Kier molecular flexibility index (Phi) is 18.4. The zero-order valence-corrected chi connectivity index (χ0v) is 10.3. The quantitative estimate of drug-likeness (QED) is 0.536. The number of rotatable bonds is 6. The monoisotopic (exact) mass is 250 g/mol. The summed E-state index contributed by atoms with van der Waals surface area (Å²) in [5.74, 6) is 0.947. The Bertz CT molecular complexity index is 254. The van der Waals surface area contributed by atoms with E-state index in [-0.39, 0.29) is 40.5 Å². The van der Waals surface area contributed by atoms with Gasteiger partial charge in [0, 0.05) is 0 Å². The molecule has 5 heteroatoms. The van der Waals surface area contributed by atoms with E-state index in [2.05, 4.69) is 19.1 Å². The molecule has 4 N–H and O–H groups in total. The number of hydrogen-bond acceptors (Lipinski definition) is 1. The SMILES string of the molecule is CCCCBCc1ccc(OC)cc1.O.O.[NaH]. The van der Waals surface area contributed by atoms with Crippen molar-refractivity contribution in [2.24, 2.45) is 0 Å². The fourth-order valence-electron chi connectivity index (χ4n) is 1.55. The third-order valence-corrected chi connectivity index (χ3v) is 2.48. The molecular weight excluding hydrogens is 226 g/mol. The molecule has 1 rings (SSSR count). The molecule has 0 atom stereocenters. The van der Waals surface area contributed by atoms with Crippen molar-refractivity contribution in [3.8, 4) is 5.75 Å². The van der Waals surface area contributed by atoms with Crippen LogP contribution in [0, 0.1) is 0 Å². The summed E-state index contributed by atoms with van der Waals surface area (Å²) < 4.78 is 5.11. The number of unbranched alkanes of at least 4 members (excludes halogenated alkanes) is 1. The maximum atomic E-state index is 5.11. The summed E-state index contributed by atoms with van der Waals surface area (Å²) >= 11 is 0. The van der Waals surface area contributed by atoms with Crippen molar-refractivity contribution >= 4 is 36.8 Å². The van der Waals surface area contributed by atoms with Crippen LogP contribution in [0.15, 0.2) is 24.3 Å². The second-order valence-corrected chi connectivity index (χ2v) is 3.66. The summed E-state index contributed by atoms with van der Waals surface area (Å²) in [6.45, 7) is 2.24. The molecule has 0 amide bonds. The van der Waals surface area contributed by atoms with Gasteiger partial charge in [0.2, 0.25) is 0 Å². The first-order valence-corrected chi connectivity index (χ1v) is 5.49. The van der Waals surface area contributed by atoms with Crippen LogP contribution in [0.4, 0.5) is 0 Å². The summed E-state index contributed by atoms with van der Waals surface area (Å²) in [6, 6.07) is 8.39. The van der Waals surface area contributed by atoms with E-state index >= 15 is 0 Å². The van der Waals surface area contributed by atoms with Crippen molar-refractivity contribution in [2.75, 3.05) is 7.11 Å². The zero-order valence-electron chi connectivity index (χ0n) is 10.3. The third kappa shape index (κ3) is 9.68. The number of hydrogen-bond donors (Lipinski definition) is 0. The van der Waals surface area contributed by atoms with Crippen LogP contribution in [0.3, 0.4) is 0 Å². The molecule has 17 heavy (non-hydrogen) atoms. The van der Waals surface area contributed by atoms with Crippen molar-refractivity contribution in [1.29, 1.82) is 0 Å². The minimum atomic E-state index is 0. The summed E-state index contributed by atoms with van der Waals surface area (Å²) in [7, 11) is 3.01. The van der Waals surface area contributed by atoms with Crippen LogP contribution >= 0.6 is 0 Å². The molecule has 3 nitrogen and oxygen atoms in total. The average molecular weight is 250 g/mol. The van der Waals surface area contributed by atoms with Crippen LogP contribution in [-0.4, -0.2) is 54.9 Å². The van der Waals surface area contributed by atoms with E-state index in [1.165, 1.54) is 38.3 Å². The van der Waals surface area contributed by atoms with Gasteiger partial charge in [-0.3, -0.25) is 0 Å². The number of benzene rings is 1. The van der Waals surface area contributed by atoms with Crippen LogP contribution in [-0.2, 0) is 6.32 Å². The van der Waals surface area contributed by atoms with E-state index in [0.717, 1.165) is 5.75 Å². The molecule has 0 unspecified atom stereocenters. The summed E-state index contributed by atoms with van der Waals surface area (Å²) in [5, 5.41) is 0. The molecule has 0 aromatic heterocycles. The molecule has 0 saturated heterocycles. The van der Waals surface area contributed by atoms with E-state index in [1.807, 2.05) is 12.1 Å². The fourth-order valence-corrected chi connectivity index (χ4v) is 1.55. The van der Waals surface area contributed by atoms with Crippen molar-refractivity contribution in [3.63, 3.8) is 0 Å². The van der Waals surface area contributed by atoms with E-state index in [9.17, 15) is 0 Å². The molecule has 1 aromatic rings. The maximum absolute atomic E-state index is 5.11. The van der Waals surface area contributed by atoms with Gasteiger partial charge in [-0.25, -0.2) is 0 Å². The molecule has 0 aliphatic heterocycles. The van der Waals surface area contributed by atoms with Gasteiger partial charge in [-0.2, -0.15) is 0 Å². The Labute approximate surface area is 127 Å². The van der Waals surface area contributed by atoms with Gasteiger partial charge in [-0.05, 0) is 12.1 Å². The van der Waals surface area contributed by atoms with Gasteiger partial charge in [0.15, 0.2) is 0 Å². The average Bonchev–Trinajstić information content (AvgIpc) is 2.25. The van der Waals surface area contributed by atoms with Crippen molar-refractivity contribution in [2.45, 2.75) is 32.4 Å². The van der Waals surface area contributed by atoms with E-state index in [4.69, 9.17) is 4.74 Å². The molecule has 0 aliphatic carbocycles. The first-order valence-electron chi connectivity index (χ1n) is 5.49. The predicted molar refractivity (Wildman–Crippen MR) is 77.9 cm³/mol. The number of ether oxygens (including phenoxy) is 1. The molecular formula is C12H24BNaO3. The normalized spacial score (nSPS) is 8.12. The Morgan fingerprint density at radius 2 is 1.71 bits per heavy atom. The molecule has 0 heterocycles. The summed E-state index contributed by atoms with van der Waals surface area (Å²) in [6.07, 6.45) is 5.21. The molecule has 1 aromatic carbocycles. The van der Waals surface area contributed by atoms with Crippen LogP contribution in [0.5, 0.6) is 5.75 Å². The first-order chi connectivity index (χ1) is 6.86. The van der Waals surface area contributed by atoms with Crippen molar-refractivity contribution in [3.05, 3.63) is 29.8 Å². The molecule has 0 spiro atoms. The standard InChI is InChI=1S/C12H19BO.Na.2H2O.H/c1-3-4-9-13-10-11-5-7-12(14-2)8-6-11;;;;/h5-8,13H,3-4,9-10H2,1-2H3;;2*1H2;. The first kappa shape index (κ1) is 22.2. The van der Waals surface area contributed by atoms with Crippen LogP contribution in [0.25, 0.3) is 0 Å². The second-order valence-electron chi connectivity index (χ2n) is 3.66. The molecule has 94 valence electrons. The van der Waals surface area contributed by atoms with Crippen LogP contribution < -0.4 is 4.74 Å². The van der Waals surface area contributed by atoms with E-state index in [1.54, 1.807) is 7.11 Å². The third-order valence-electron chi connectivity index (χ3n) is 2.48. The van der Waals surface area contributed by atoms with Gasteiger partial charge in [0.25, 0.3) is 0 Å². The van der Waals surface area contributed by atoms with Crippen LogP contribution in [0.2, 0.25) is 6.32 Å². The van der Waals surface area contributed by atoms with Gasteiger partial charge >= 0.3 is 29.6 Å². The van der Waals surface area contributed by atoms with E-state index in [0.29, 0.717) is 0 Å². The Morgan fingerprint density at radius 1 is 1.12 bits per heavy atom. The van der Waals surface area contributed by atoms with Crippen LogP contribution in [0.1, 0.15) is 25.3 Å². The summed E-state index contributed by atoms with van der Waals surface area (Å²) in [5.41, 5.74) is 1.42. The Balaban J connectivity index is -0.000000653. The van der Waals surface area contributed by atoms with Gasteiger partial charge in [-0.1, -0.05) is 50.1 Å². The van der Waals surface area contributed by atoms with E-state index < -0.39 is 0 Å². The number of methoxy groups -OCH3 is 1. The molecule has 0 fully saturated rings. The zero-order chi connectivity index (χ0) is 10.2. The molecule has 0 saturated carbocycles. The second kappa shape index (κ2) is 14.1. The van der Waals surface area contributed by atoms with Gasteiger partial charge in [0.05, 0.1) is 7.11 Å². The fraction of sp³-hybridized carbons (Fsp3) is 0.500. The molecule has 0 radical (unpaired) electrons. The topological polar surface area (TPSA) is 72.2 Å². The van der Waals surface area contributed by atoms with Crippen molar-refractivity contribution in [1.82, 2.24) is 0 Å². The Hall–Kier alpha value is 0.00494. The summed E-state index contributed by atoms with van der Waals surface area (Å²) in [4.78, 5) is 0. The molecule has 0 bridgehead atoms. The van der Waals surface area contributed by atoms with Gasteiger partial charge < -0.3 is 15.7 Å². The minimum absolute atomic E-state index is 0. The molecule has 0 aliphatic rings.